The van der Waals surface area contributed by atoms with Crippen LogP contribution in [0.4, 0.5) is 0 Å². The lowest BCUT2D eigenvalue weighted by atomic mass is 10.3. The summed E-state index contributed by atoms with van der Waals surface area (Å²) in [4.78, 5) is 23.6. The molecule has 0 fully saturated rings. The maximum atomic E-state index is 11.6. The van der Waals surface area contributed by atoms with Crippen molar-refractivity contribution in [3.63, 3.8) is 0 Å². The summed E-state index contributed by atoms with van der Waals surface area (Å²) in [6.07, 6.45) is 0. The third-order valence-corrected chi connectivity index (χ3v) is 3.88. The van der Waals surface area contributed by atoms with Crippen molar-refractivity contribution in [1.29, 1.82) is 0 Å². The molecule has 0 radical (unpaired) electrons. The van der Waals surface area contributed by atoms with E-state index in [9.17, 15) is 9.59 Å². The van der Waals surface area contributed by atoms with E-state index >= 15 is 0 Å². The average Bonchev–Trinajstić information content (AvgIpc) is 2.50. The van der Waals surface area contributed by atoms with E-state index < -0.39 is 12.0 Å². The highest BCUT2D eigenvalue weighted by Crippen LogP contribution is 2.34. The van der Waals surface area contributed by atoms with Crippen LogP contribution in [0.25, 0.3) is 0 Å². The Hall–Kier alpha value is -1.89. The van der Waals surface area contributed by atoms with Crippen molar-refractivity contribution in [2.45, 2.75) is 17.9 Å². The van der Waals surface area contributed by atoms with Crippen molar-refractivity contribution in [3.8, 4) is 11.5 Å². The number of benzene rings is 1. The van der Waals surface area contributed by atoms with Gasteiger partial charge in [-0.1, -0.05) is 0 Å². The van der Waals surface area contributed by atoms with Crippen LogP contribution in [0, 0.1) is 0 Å². The molecule has 1 aromatic rings. The molecule has 0 saturated heterocycles. The molecule has 1 aromatic carbocycles. The van der Waals surface area contributed by atoms with E-state index in [1.165, 1.54) is 25.8 Å². The molecule has 0 saturated carbocycles. The summed E-state index contributed by atoms with van der Waals surface area (Å²) in [5.74, 6) is 1.06. The van der Waals surface area contributed by atoms with Crippen LogP contribution in [-0.2, 0) is 14.3 Å². The van der Waals surface area contributed by atoms with Crippen LogP contribution in [-0.4, -0.2) is 44.0 Å². The monoisotopic (exact) mass is 311 g/mol. The Morgan fingerprint density at radius 2 is 2.05 bits per heavy atom. The number of hydrogen-bond acceptors (Lipinski definition) is 6. The predicted molar refractivity (Wildman–Crippen MR) is 77.8 cm³/mol. The van der Waals surface area contributed by atoms with Crippen LogP contribution in [0.15, 0.2) is 23.1 Å². The van der Waals surface area contributed by atoms with Gasteiger partial charge in [0.2, 0.25) is 5.91 Å². The Kier molecular flexibility index (Phi) is 5.32. The topological polar surface area (TPSA) is 73.9 Å². The van der Waals surface area contributed by atoms with Gasteiger partial charge in [-0.3, -0.25) is 4.79 Å². The summed E-state index contributed by atoms with van der Waals surface area (Å²) in [5, 5.41) is 2.57. The molecule has 7 heteroatoms. The second-order valence-corrected chi connectivity index (χ2v) is 5.49. The van der Waals surface area contributed by atoms with Gasteiger partial charge in [-0.2, -0.15) is 0 Å². The third kappa shape index (κ3) is 4.29. The first-order valence-electron chi connectivity index (χ1n) is 6.47. The number of methoxy groups -OCH3 is 1. The highest BCUT2D eigenvalue weighted by atomic mass is 32.2. The number of amides is 1. The number of fused-ring (bicyclic) bond motifs is 1. The Labute approximate surface area is 127 Å². The molecule has 0 bridgehead atoms. The van der Waals surface area contributed by atoms with Gasteiger partial charge in [0.15, 0.2) is 11.5 Å². The molecular weight excluding hydrogens is 294 g/mol. The summed E-state index contributed by atoms with van der Waals surface area (Å²) >= 11 is 1.44. The van der Waals surface area contributed by atoms with E-state index in [-0.39, 0.29) is 5.91 Å². The van der Waals surface area contributed by atoms with E-state index in [4.69, 9.17) is 9.47 Å². The normalized spacial score (nSPS) is 14.2. The molecule has 1 atom stereocenters. The molecule has 1 N–H and O–H groups in total. The predicted octanol–water partition coefficient (Wildman–Crippen LogP) is 1.23. The second kappa shape index (κ2) is 7.21. The van der Waals surface area contributed by atoms with Crippen molar-refractivity contribution >= 4 is 23.6 Å². The second-order valence-electron chi connectivity index (χ2n) is 4.39. The van der Waals surface area contributed by atoms with Gasteiger partial charge in [-0.15, -0.1) is 11.8 Å². The zero-order valence-corrected chi connectivity index (χ0v) is 12.7. The first-order valence-corrected chi connectivity index (χ1v) is 7.46. The summed E-state index contributed by atoms with van der Waals surface area (Å²) in [7, 11) is 1.30. The number of carbonyl (C=O) groups excluding carboxylic acids is 2. The van der Waals surface area contributed by atoms with Gasteiger partial charge >= 0.3 is 5.97 Å². The minimum absolute atomic E-state index is 0.270. The molecule has 0 aliphatic carbocycles. The van der Waals surface area contributed by atoms with Gasteiger partial charge in [0.05, 0.1) is 7.11 Å². The van der Waals surface area contributed by atoms with E-state index in [2.05, 4.69) is 10.1 Å². The Morgan fingerprint density at radius 3 is 2.71 bits per heavy atom. The third-order valence-electron chi connectivity index (χ3n) is 2.79. The maximum absolute atomic E-state index is 11.6. The quantitative estimate of drug-likeness (QED) is 0.651. The summed E-state index contributed by atoms with van der Waals surface area (Å²) in [6, 6.07) is 4.91. The van der Waals surface area contributed by atoms with Crippen molar-refractivity contribution in [2.24, 2.45) is 0 Å². The van der Waals surface area contributed by atoms with Crippen molar-refractivity contribution < 1.29 is 23.8 Å². The number of thioether (sulfide) groups is 1. The van der Waals surface area contributed by atoms with E-state index in [1.807, 2.05) is 18.2 Å². The molecule has 2 rings (SSSR count). The van der Waals surface area contributed by atoms with Crippen molar-refractivity contribution in [2.75, 3.05) is 26.1 Å². The highest BCUT2D eigenvalue weighted by molar-refractivity contribution is 7.99. The fourth-order valence-corrected chi connectivity index (χ4v) is 2.78. The van der Waals surface area contributed by atoms with Crippen LogP contribution in [0.3, 0.4) is 0 Å². The summed E-state index contributed by atoms with van der Waals surface area (Å²) in [6.45, 7) is 2.44. The zero-order valence-electron chi connectivity index (χ0n) is 11.9. The smallest absolute Gasteiger partial charge is 0.329 e. The molecule has 0 aromatic heterocycles. The number of ether oxygens (including phenoxy) is 3. The van der Waals surface area contributed by atoms with Crippen molar-refractivity contribution in [1.82, 2.24) is 5.32 Å². The molecule has 1 heterocycles. The van der Waals surface area contributed by atoms with Crippen molar-refractivity contribution in [3.05, 3.63) is 18.2 Å². The Morgan fingerprint density at radius 1 is 1.33 bits per heavy atom. The van der Waals surface area contributed by atoms with Crippen LogP contribution in [0.5, 0.6) is 11.5 Å². The van der Waals surface area contributed by atoms with Crippen LogP contribution < -0.4 is 14.8 Å². The minimum atomic E-state index is -0.675. The van der Waals surface area contributed by atoms with Gasteiger partial charge in [0.25, 0.3) is 0 Å². The number of esters is 1. The molecule has 1 aliphatic heterocycles. The molecule has 21 heavy (non-hydrogen) atoms. The van der Waals surface area contributed by atoms with E-state index in [1.54, 1.807) is 0 Å². The van der Waals surface area contributed by atoms with E-state index in [0.717, 1.165) is 10.6 Å². The van der Waals surface area contributed by atoms with Crippen LogP contribution in [0.2, 0.25) is 0 Å². The zero-order chi connectivity index (χ0) is 15.2. The minimum Gasteiger partial charge on any atom is -0.486 e. The standard InChI is InChI=1S/C14H17NO5S/c1-9(16)15-11(14(17)18-2)8-21-10-3-4-12-13(7-10)20-6-5-19-12/h3-4,7,11H,5-6,8H2,1-2H3,(H,15,16). The van der Waals surface area contributed by atoms with E-state index in [0.29, 0.717) is 24.7 Å². The van der Waals surface area contributed by atoms with Gasteiger partial charge in [0, 0.05) is 17.6 Å². The first-order chi connectivity index (χ1) is 10.1. The first kappa shape index (κ1) is 15.5. The molecule has 1 aliphatic rings. The highest BCUT2D eigenvalue weighted by Gasteiger charge is 2.21. The Bertz CT molecular complexity index is 534. The lowest BCUT2D eigenvalue weighted by molar-refractivity contribution is -0.144. The van der Waals surface area contributed by atoms with Gasteiger partial charge in [-0.25, -0.2) is 4.79 Å². The number of rotatable bonds is 5. The summed E-state index contributed by atoms with van der Waals surface area (Å²) < 4.78 is 15.6. The number of nitrogens with one attached hydrogen (secondary N) is 1. The lowest BCUT2D eigenvalue weighted by Crippen LogP contribution is -2.42. The molecular formula is C14H17NO5S. The fraction of sp³-hybridized carbons (Fsp3) is 0.429. The Balaban J connectivity index is 1.99. The molecule has 6 nitrogen and oxygen atoms in total. The number of hydrogen-bond donors (Lipinski definition) is 1. The van der Waals surface area contributed by atoms with Crippen LogP contribution >= 0.6 is 11.8 Å². The van der Waals surface area contributed by atoms with Gasteiger partial charge in [-0.05, 0) is 18.2 Å². The molecule has 114 valence electrons. The SMILES string of the molecule is COC(=O)C(CSc1ccc2c(c1)OCCO2)NC(C)=O. The van der Waals surface area contributed by atoms with Gasteiger partial charge in [0.1, 0.15) is 19.3 Å². The fourth-order valence-electron chi connectivity index (χ4n) is 1.85. The molecule has 0 spiro atoms. The molecule has 1 amide bonds. The lowest BCUT2D eigenvalue weighted by Gasteiger charge is -2.19. The summed E-state index contributed by atoms with van der Waals surface area (Å²) in [5.41, 5.74) is 0. The van der Waals surface area contributed by atoms with Gasteiger partial charge < -0.3 is 19.5 Å². The molecule has 1 unspecified atom stereocenters. The number of carbonyl (C=O) groups is 2. The largest absolute Gasteiger partial charge is 0.486 e. The van der Waals surface area contributed by atoms with Crippen LogP contribution in [0.1, 0.15) is 6.92 Å². The average molecular weight is 311 g/mol. The maximum Gasteiger partial charge on any atom is 0.329 e.